The molecule has 1 rings (SSSR count). The lowest BCUT2D eigenvalue weighted by molar-refractivity contribution is -0.123. The van der Waals surface area contributed by atoms with E-state index >= 15 is 0 Å². The molecule has 1 heterocycles. The fourth-order valence-electron chi connectivity index (χ4n) is 1.11. The second-order valence-electron chi connectivity index (χ2n) is 3.85. The highest BCUT2D eigenvalue weighted by Gasteiger charge is 2.16. The second kappa shape index (κ2) is 7.19. The summed E-state index contributed by atoms with van der Waals surface area (Å²) in [4.78, 5) is 15.5. The normalized spacial score (nSPS) is 11.8. The van der Waals surface area contributed by atoms with E-state index in [1.165, 1.54) is 0 Å². The highest BCUT2D eigenvalue weighted by atomic mass is 35.5. The van der Waals surface area contributed by atoms with E-state index in [1.807, 2.05) is 26.0 Å². The molecular weight excluding hydrogens is 226 g/mol. The maximum Gasteiger partial charge on any atom is 0.237 e. The van der Waals surface area contributed by atoms with Crippen molar-refractivity contribution in [3.8, 4) is 0 Å². The van der Waals surface area contributed by atoms with Crippen LogP contribution in [0.25, 0.3) is 0 Å². The van der Waals surface area contributed by atoms with E-state index < -0.39 is 6.04 Å². The van der Waals surface area contributed by atoms with Crippen molar-refractivity contribution in [1.82, 2.24) is 10.3 Å². The minimum Gasteiger partial charge on any atom is -0.351 e. The molecule has 3 N–H and O–H groups in total. The molecule has 5 heteroatoms. The summed E-state index contributed by atoms with van der Waals surface area (Å²) in [5, 5.41) is 2.78. The number of carbonyl (C=O) groups is 1. The van der Waals surface area contributed by atoms with Crippen molar-refractivity contribution in [3.05, 3.63) is 30.1 Å². The molecule has 0 saturated heterocycles. The third-order valence-corrected chi connectivity index (χ3v) is 2.21. The molecule has 0 saturated carbocycles. The van der Waals surface area contributed by atoms with Gasteiger partial charge in [0.25, 0.3) is 0 Å². The van der Waals surface area contributed by atoms with E-state index in [-0.39, 0.29) is 24.2 Å². The van der Waals surface area contributed by atoms with Gasteiger partial charge in [0, 0.05) is 18.9 Å². The topological polar surface area (TPSA) is 68.0 Å². The number of nitrogens with one attached hydrogen (secondary N) is 1. The summed E-state index contributed by atoms with van der Waals surface area (Å²) in [7, 11) is 0. The van der Waals surface area contributed by atoms with Crippen LogP contribution in [-0.2, 0) is 11.3 Å². The minimum absolute atomic E-state index is 0. The summed E-state index contributed by atoms with van der Waals surface area (Å²) in [6.07, 6.45) is 3.42. The van der Waals surface area contributed by atoms with E-state index in [9.17, 15) is 4.79 Å². The molecule has 0 radical (unpaired) electrons. The van der Waals surface area contributed by atoms with Crippen LogP contribution >= 0.6 is 12.4 Å². The molecule has 90 valence electrons. The highest BCUT2D eigenvalue weighted by Crippen LogP contribution is 1.99. The van der Waals surface area contributed by atoms with Crippen molar-refractivity contribution in [1.29, 1.82) is 0 Å². The summed E-state index contributed by atoms with van der Waals surface area (Å²) >= 11 is 0. The van der Waals surface area contributed by atoms with Gasteiger partial charge in [-0.05, 0) is 17.5 Å². The number of halogens is 1. The first kappa shape index (κ1) is 14.9. The van der Waals surface area contributed by atoms with Crippen LogP contribution in [0.3, 0.4) is 0 Å². The molecular formula is C11H18ClN3O. The van der Waals surface area contributed by atoms with Crippen LogP contribution < -0.4 is 11.1 Å². The van der Waals surface area contributed by atoms with Crippen LogP contribution in [0.2, 0.25) is 0 Å². The first-order chi connectivity index (χ1) is 7.11. The molecule has 0 aliphatic rings. The maximum atomic E-state index is 11.5. The van der Waals surface area contributed by atoms with Crippen molar-refractivity contribution in [3.63, 3.8) is 0 Å². The van der Waals surface area contributed by atoms with Crippen LogP contribution in [-0.4, -0.2) is 16.9 Å². The smallest absolute Gasteiger partial charge is 0.237 e. The summed E-state index contributed by atoms with van der Waals surface area (Å²) in [5.74, 6) is 0.0350. The Labute approximate surface area is 102 Å². The third kappa shape index (κ3) is 4.59. The van der Waals surface area contributed by atoms with Gasteiger partial charge >= 0.3 is 0 Å². The number of nitrogens with two attached hydrogens (primary N) is 1. The van der Waals surface area contributed by atoms with Gasteiger partial charge in [0.15, 0.2) is 0 Å². The summed E-state index contributed by atoms with van der Waals surface area (Å²) < 4.78 is 0. The number of nitrogens with zero attached hydrogens (tertiary/aromatic N) is 1. The van der Waals surface area contributed by atoms with Gasteiger partial charge in [-0.25, -0.2) is 0 Å². The lowest BCUT2D eigenvalue weighted by Gasteiger charge is -2.15. The zero-order valence-corrected chi connectivity index (χ0v) is 10.3. The standard InChI is InChI=1S/C11H17N3O.ClH/c1-8(2)10(12)11(15)14-7-9-4-3-5-13-6-9;/h3-6,8,10H,7,12H2,1-2H3,(H,14,15);1H. The number of hydrogen-bond acceptors (Lipinski definition) is 3. The third-order valence-electron chi connectivity index (χ3n) is 2.21. The van der Waals surface area contributed by atoms with E-state index in [1.54, 1.807) is 12.4 Å². The van der Waals surface area contributed by atoms with Gasteiger partial charge in [0.1, 0.15) is 0 Å². The zero-order valence-electron chi connectivity index (χ0n) is 9.51. The lowest BCUT2D eigenvalue weighted by Crippen LogP contribution is -2.43. The van der Waals surface area contributed by atoms with E-state index in [2.05, 4.69) is 10.3 Å². The molecule has 4 nitrogen and oxygen atoms in total. The number of aromatic nitrogens is 1. The van der Waals surface area contributed by atoms with Crippen LogP contribution in [0.4, 0.5) is 0 Å². The predicted molar refractivity (Wildman–Crippen MR) is 66.1 cm³/mol. The van der Waals surface area contributed by atoms with Crippen molar-refractivity contribution in [2.45, 2.75) is 26.4 Å². The number of amides is 1. The summed E-state index contributed by atoms with van der Waals surface area (Å²) in [6.45, 7) is 4.33. The Morgan fingerprint density at radius 2 is 2.25 bits per heavy atom. The van der Waals surface area contributed by atoms with E-state index in [0.717, 1.165) is 5.56 Å². The maximum absolute atomic E-state index is 11.5. The van der Waals surface area contributed by atoms with Crippen molar-refractivity contribution < 1.29 is 4.79 Å². The van der Waals surface area contributed by atoms with E-state index in [4.69, 9.17) is 5.73 Å². The van der Waals surface area contributed by atoms with Crippen LogP contribution in [0, 0.1) is 5.92 Å². The largest absolute Gasteiger partial charge is 0.351 e. The molecule has 1 aromatic heterocycles. The molecule has 0 spiro atoms. The summed E-state index contributed by atoms with van der Waals surface area (Å²) in [5.41, 5.74) is 6.67. The molecule has 0 bridgehead atoms. The van der Waals surface area contributed by atoms with Gasteiger partial charge in [-0.3, -0.25) is 9.78 Å². The van der Waals surface area contributed by atoms with Gasteiger partial charge < -0.3 is 11.1 Å². The summed E-state index contributed by atoms with van der Waals surface area (Å²) in [6, 6.07) is 3.31. The Balaban J connectivity index is 0.00000225. The van der Waals surface area contributed by atoms with Gasteiger partial charge in [-0.1, -0.05) is 19.9 Å². The molecule has 0 aromatic carbocycles. The first-order valence-corrected chi connectivity index (χ1v) is 5.03. The fraction of sp³-hybridized carbons (Fsp3) is 0.455. The van der Waals surface area contributed by atoms with Gasteiger partial charge in [-0.15, -0.1) is 12.4 Å². The number of hydrogen-bond donors (Lipinski definition) is 2. The van der Waals surface area contributed by atoms with Gasteiger partial charge in [0.05, 0.1) is 6.04 Å². The van der Waals surface area contributed by atoms with Crippen molar-refractivity contribution in [2.75, 3.05) is 0 Å². The molecule has 16 heavy (non-hydrogen) atoms. The Kier molecular flexibility index (Phi) is 6.69. The molecule has 1 unspecified atom stereocenters. The van der Waals surface area contributed by atoms with Gasteiger partial charge in [-0.2, -0.15) is 0 Å². The SMILES string of the molecule is CC(C)C(N)C(=O)NCc1cccnc1.Cl. The lowest BCUT2D eigenvalue weighted by atomic mass is 10.1. The van der Waals surface area contributed by atoms with Crippen LogP contribution in [0.5, 0.6) is 0 Å². The average molecular weight is 244 g/mol. The first-order valence-electron chi connectivity index (χ1n) is 5.03. The quantitative estimate of drug-likeness (QED) is 0.832. The zero-order chi connectivity index (χ0) is 11.3. The van der Waals surface area contributed by atoms with Crippen molar-refractivity contribution in [2.24, 2.45) is 11.7 Å². The highest BCUT2D eigenvalue weighted by molar-refractivity contribution is 5.85. The Morgan fingerprint density at radius 3 is 2.75 bits per heavy atom. The van der Waals surface area contributed by atoms with E-state index in [0.29, 0.717) is 6.54 Å². The fourth-order valence-corrected chi connectivity index (χ4v) is 1.11. The Morgan fingerprint density at radius 1 is 1.56 bits per heavy atom. The molecule has 0 aliphatic carbocycles. The van der Waals surface area contributed by atoms with Gasteiger partial charge in [0.2, 0.25) is 5.91 Å². The van der Waals surface area contributed by atoms with Crippen LogP contribution in [0.1, 0.15) is 19.4 Å². The molecule has 1 aromatic rings. The molecule has 1 atom stereocenters. The number of carbonyl (C=O) groups excluding carboxylic acids is 1. The second-order valence-corrected chi connectivity index (χ2v) is 3.85. The number of rotatable bonds is 4. The minimum atomic E-state index is -0.443. The average Bonchev–Trinajstić information content (AvgIpc) is 2.26. The van der Waals surface area contributed by atoms with Crippen molar-refractivity contribution >= 4 is 18.3 Å². The predicted octanol–water partition coefficient (Wildman–Crippen LogP) is 1.10. The Hall–Kier alpha value is -1.13. The molecule has 0 aliphatic heterocycles. The Bertz CT molecular complexity index is 316. The number of pyridine rings is 1. The molecule has 0 fully saturated rings. The molecule has 1 amide bonds. The van der Waals surface area contributed by atoms with Crippen LogP contribution in [0.15, 0.2) is 24.5 Å². The monoisotopic (exact) mass is 243 g/mol.